The molecule has 0 unspecified atom stereocenters. The van der Waals surface area contributed by atoms with Crippen molar-refractivity contribution in [1.82, 2.24) is 5.32 Å². The molecule has 6 atom stereocenters. The highest BCUT2D eigenvalue weighted by atomic mass is 16.2. The summed E-state index contributed by atoms with van der Waals surface area (Å²) in [5, 5.41) is 3.14. The first-order valence-electron chi connectivity index (χ1n) is 6.25. The monoisotopic (exact) mass is 211 g/mol. The molecule has 1 N–H and O–H groups in total. The van der Waals surface area contributed by atoms with Gasteiger partial charge in [-0.05, 0) is 29.4 Å². The van der Waals surface area contributed by atoms with Crippen LogP contribution in [0.3, 0.4) is 0 Å². The Balaban J connectivity index is 1.79. The van der Waals surface area contributed by atoms with Crippen LogP contribution in [0.5, 0.6) is 0 Å². The molecule has 1 saturated heterocycles. The molecule has 1 aromatic carbocycles. The summed E-state index contributed by atoms with van der Waals surface area (Å²) in [7, 11) is 0. The predicted molar refractivity (Wildman–Crippen MR) is 58.9 cm³/mol. The lowest BCUT2D eigenvalue weighted by Crippen LogP contribution is -2.67. The average molecular weight is 211 g/mol. The minimum Gasteiger partial charge on any atom is -0.352 e. The topological polar surface area (TPSA) is 29.1 Å². The van der Waals surface area contributed by atoms with Gasteiger partial charge < -0.3 is 5.32 Å². The minimum atomic E-state index is 0.305. The number of rotatable bonds is 0. The van der Waals surface area contributed by atoms with Crippen molar-refractivity contribution in [3.63, 3.8) is 0 Å². The van der Waals surface area contributed by atoms with Crippen molar-refractivity contribution in [2.75, 3.05) is 0 Å². The number of benzene rings is 1. The van der Waals surface area contributed by atoms with Crippen LogP contribution >= 0.6 is 0 Å². The van der Waals surface area contributed by atoms with Crippen molar-refractivity contribution < 1.29 is 4.79 Å². The highest BCUT2D eigenvalue weighted by molar-refractivity contribution is 5.89. The van der Waals surface area contributed by atoms with Gasteiger partial charge in [-0.25, -0.2) is 0 Å². The van der Waals surface area contributed by atoms with E-state index in [9.17, 15) is 4.79 Å². The standard InChI is InChI=1S/C14H13NO/c16-14-12-10-6-3-1-2-4-7(6)11(13(12)15-14)9-5-8(9)10/h1-4,8-13H,5H2,(H,15,16)/t8-,9+,10+,11-,12-,13-/m1/s1. The van der Waals surface area contributed by atoms with Gasteiger partial charge in [0, 0.05) is 17.9 Å². The Bertz CT molecular complexity index is 523. The third-order valence-corrected chi connectivity index (χ3v) is 5.30. The molecule has 2 saturated carbocycles. The van der Waals surface area contributed by atoms with Crippen LogP contribution in [0.15, 0.2) is 24.3 Å². The molecule has 0 spiro atoms. The molecule has 80 valence electrons. The van der Waals surface area contributed by atoms with Gasteiger partial charge >= 0.3 is 0 Å². The second-order valence-corrected chi connectivity index (χ2v) is 5.80. The summed E-state index contributed by atoms with van der Waals surface area (Å²) in [6, 6.07) is 9.27. The smallest absolute Gasteiger partial charge is 0.226 e. The fourth-order valence-corrected chi connectivity index (χ4v) is 4.68. The van der Waals surface area contributed by atoms with Gasteiger partial charge in [-0.15, -0.1) is 0 Å². The maximum Gasteiger partial charge on any atom is 0.226 e. The van der Waals surface area contributed by atoms with E-state index in [2.05, 4.69) is 29.6 Å². The molecule has 16 heavy (non-hydrogen) atoms. The fraction of sp³-hybridized carbons (Fsp3) is 0.500. The van der Waals surface area contributed by atoms with Crippen molar-refractivity contribution in [2.24, 2.45) is 17.8 Å². The van der Waals surface area contributed by atoms with E-state index in [-0.39, 0.29) is 0 Å². The Hall–Kier alpha value is -1.31. The predicted octanol–water partition coefficient (Wildman–Crippen LogP) is 1.63. The number of hydrogen-bond donors (Lipinski definition) is 1. The average Bonchev–Trinajstić information content (AvgIpc) is 3.07. The molecule has 2 nitrogen and oxygen atoms in total. The van der Waals surface area contributed by atoms with Crippen LogP contribution < -0.4 is 5.32 Å². The van der Waals surface area contributed by atoms with Gasteiger partial charge in [-0.3, -0.25) is 4.79 Å². The Kier molecular flexibility index (Phi) is 1.08. The molecular weight excluding hydrogens is 198 g/mol. The van der Waals surface area contributed by atoms with E-state index in [1.54, 1.807) is 0 Å². The van der Waals surface area contributed by atoms with E-state index in [1.807, 2.05) is 0 Å². The molecule has 2 bridgehead atoms. The molecule has 6 rings (SSSR count). The lowest BCUT2D eigenvalue weighted by molar-refractivity contribution is -0.140. The largest absolute Gasteiger partial charge is 0.352 e. The molecule has 1 heterocycles. The van der Waals surface area contributed by atoms with E-state index in [4.69, 9.17) is 0 Å². The third kappa shape index (κ3) is 0.649. The summed E-state index contributed by atoms with van der Waals surface area (Å²) < 4.78 is 0. The van der Waals surface area contributed by atoms with Crippen LogP contribution in [-0.2, 0) is 4.79 Å². The lowest BCUT2D eigenvalue weighted by Gasteiger charge is -2.54. The maximum absolute atomic E-state index is 11.7. The lowest BCUT2D eigenvalue weighted by atomic mass is 9.56. The number of carbonyl (C=O) groups excluding carboxylic acids is 1. The van der Waals surface area contributed by atoms with Crippen molar-refractivity contribution in [2.45, 2.75) is 24.3 Å². The van der Waals surface area contributed by atoms with Crippen molar-refractivity contribution in [3.05, 3.63) is 35.4 Å². The molecule has 2 heteroatoms. The Labute approximate surface area is 94.0 Å². The zero-order valence-electron chi connectivity index (χ0n) is 8.89. The zero-order chi connectivity index (χ0) is 10.4. The second kappa shape index (κ2) is 2.20. The van der Waals surface area contributed by atoms with E-state index < -0.39 is 0 Å². The summed E-state index contributed by atoms with van der Waals surface area (Å²) in [5.74, 6) is 3.50. The highest BCUT2D eigenvalue weighted by Crippen LogP contribution is 2.70. The highest BCUT2D eigenvalue weighted by Gasteiger charge is 2.68. The Morgan fingerprint density at radius 2 is 1.69 bits per heavy atom. The van der Waals surface area contributed by atoms with Gasteiger partial charge in [0.15, 0.2) is 0 Å². The first kappa shape index (κ1) is 7.88. The normalized spacial score (nSPS) is 49.6. The maximum atomic E-state index is 11.7. The zero-order valence-corrected chi connectivity index (χ0v) is 8.89. The number of hydrogen-bond acceptors (Lipinski definition) is 1. The second-order valence-electron chi connectivity index (χ2n) is 5.80. The molecule has 1 amide bonds. The van der Waals surface area contributed by atoms with Crippen LogP contribution in [0.25, 0.3) is 0 Å². The fourth-order valence-electron chi connectivity index (χ4n) is 4.68. The van der Waals surface area contributed by atoms with Crippen molar-refractivity contribution >= 4 is 5.91 Å². The van der Waals surface area contributed by atoms with E-state index in [0.29, 0.717) is 29.7 Å². The van der Waals surface area contributed by atoms with Crippen LogP contribution in [-0.4, -0.2) is 11.9 Å². The molecule has 0 aromatic heterocycles. The number of amides is 1. The van der Waals surface area contributed by atoms with Gasteiger partial charge in [0.05, 0.1) is 5.92 Å². The molecule has 1 aliphatic heterocycles. The molecule has 5 aliphatic rings. The summed E-state index contributed by atoms with van der Waals surface area (Å²) in [6.07, 6.45) is 1.35. The van der Waals surface area contributed by atoms with Crippen molar-refractivity contribution in [3.8, 4) is 0 Å². The SMILES string of the molecule is O=C1N[C@H]2[C@H]1[C@H]1c3ccccc3[C@@H]2[C@H]2C[C@H]21. The summed E-state index contributed by atoms with van der Waals surface area (Å²) in [6.45, 7) is 0. The van der Waals surface area contributed by atoms with Gasteiger partial charge in [-0.1, -0.05) is 24.3 Å². The quantitative estimate of drug-likeness (QED) is 0.649. The van der Waals surface area contributed by atoms with Crippen LogP contribution in [0.2, 0.25) is 0 Å². The van der Waals surface area contributed by atoms with E-state index in [0.717, 1.165) is 11.8 Å². The summed E-state index contributed by atoms with van der Waals surface area (Å²) in [4.78, 5) is 11.7. The number of nitrogens with one attached hydrogen (secondary N) is 1. The summed E-state index contributed by atoms with van der Waals surface area (Å²) in [5.41, 5.74) is 3.02. The van der Waals surface area contributed by atoms with Crippen LogP contribution in [0.1, 0.15) is 29.4 Å². The van der Waals surface area contributed by atoms with Crippen LogP contribution in [0, 0.1) is 17.8 Å². The Morgan fingerprint density at radius 1 is 1.00 bits per heavy atom. The molecule has 0 radical (unpaired) electrons. The first-order valence-corrected chi connectivity index (χ1v) is 6.25. The number of carbonyl (C=O) groups is 1. The molecule has 4 aliphatic carbocycles. The van der Waals surface area contributed by atoms with Crippen molar-refractivity contribution in [1.29, 1.82) is 0 Å². The van der Waals surface area contributed by atoms with Gasteiger partial charge in [0.25, 0.3) is 0 Å². The van der Waals surface area contributed by atoms with Crippen LogP contribution in [0.4, 0.5) is 0 Å². The first-order chi connectivity index (χ1) is 7.86. The van der Waals surface area contributed by atoms with Gasteiger partial charge in [-0.2, -0.15) is 0 Å². The summed E-state index contributed by atoms with van der Waals surface area (Å²) >= 11 is 0. The molecule has 3 fully saturated rings. The third-order valence-electron chi connectivity index (χ3n) is 5.30. The van der Waals surface area contributed by atoms with E-state index >= 15 is 0 Å². The number of β-lactam (4-membered cyclic amide) rings is 1. The minimum absolute atomic E-state index is 0.305. The van der Waals surface area contributed by atoms with Gasteiger partial charge in [0.2, 0.25) is 5.91 Å². The Morgan fingerprint density at radius 3 is 2.44 bits per heavy atom. The molecule has 1 aromatic rings. The van der Waals surface area contributed by atoms with Gasteiger partial charge in [0.1, 0.15) is 0 Å². The van der Waals surface area contributed by atoms with E-state index in [1.165, 1.54) is 17.5 Å². The molecular formula is C14H13NO.